The van der Waals surface area contributed by atoms with Crippen LogP contribution in [0.2, 0.25) is 0 Å². The van der Waals surface area contributed by atoms with Crippen molar-refractivity contribution in [3.63, 3.8) is 0 Å². The van der Waals surface area contributed by atoms with Gasteiger partial charge in [0.15, 0.2) is 0 Å². The van der Waals surface area contributed by atoms with Gasteiger partial charge < -0.3 is 5.41 Å². The van der Waals surface area contributed by atoms with Gasteiger partial charge in [-0.05, 0) is 24.5 Å². The molecule has 62 valence electrons. The molecular weight excluding hydrogens is 146 g/mol. The van der Waals surface area contributed by atoms with Crippen LogP contribution in [0.25, 0.3) is 0 Å². The summed E-state index contributed by atoms with van der Waals surface area (Å²) >= 11 is 0. The quantitative estimate of drug-likeness (QED) is 0.599. The average molecular weight is 159 g/mol. The molecule has 0 saturated heterocycles. The second-order valence-electron chi connectivity index (χ2n) is 2.59. The van der Waals surface area contributed by atoms with E-state index in [0.29, 0.717) is 0 Å². The molecule has 1 heteroatoms. The molecule has 1 aliphatic rings. The molecule has 1 N–H and O–H groups in total. The zero-order valence-electron chi connectivity index (χ0n) is 7.25. The molecule has 0 saturated carbocycles. The summed E-state index contributed by atoms with van der Waals surface area (Å²) in [5, 5.41) is 7.20. The van der Waals surface area contributed by atoms with Crippen molar-refractivity contribution < 1.29 is 0 Å². The zero-order valence-corrected chi connectivity index (χ0v) is 7.25. The van der Waals surface area contributed by atoms with E-state index >= 15 is 0 Å². The Morgan fingerprint density at radius 3 is 2.92 bits per heavy atom. The molecule has 0 heterocycles. The van der Waals surface area contributed by atoms with Gasteiger partial charge in [-0.25, -0.2) is 0 Å². The van der Waals surface area contributed by atoms with Crippen LogP contribution in [0.4, 0.5) is 0 Å². The lowest BCUT2D eigenvalue weighted by Gasteiger charge is -1.98. The van der Waals surface area contributed by atoms with Crippen LogP contribution >= 0.6 is 0 Å². The van der Waals surface area contributed by atoms with Gasteiger partial charge in [-0.15, -0.1) is 0 Å². The van der Waals surface area contributed by atoms with Gasteiger partial charge in [0, 0.05) is 6.21 Å². The first kappa shape index (κ1) is 8.72. The summed E-state index contributed by atoms with van der Waals surface area (Å²) in [4.78, 5) is 0. The standard InChI is InChI=1S/C11H13N/c1-2-6-10-7-4-3-5-8-11(10)9-12/h2-3,5-9,12H,4H2,1H3/b6-2-,12-9?. The van der Waals surface area contributed by atoms with Gasteiger partial charge in [0.25, 0.3) is 0 Å². The van der Waals surface area contributed by atoms with E-state index < -0.39 is 0 Å². The van der Waals surface area contributed by atoms with Crippen molar-refractivity contribution >= 4 is 6.21 Å². The maximum absolute atomic E-state index is 7.20. The highest BCUT2D eigenvalue weighted by Gasteiger charge is 1.98. The van der Waals surface area contributed by atoms with E-state index in [-0.39, 0.29) is 0 Å². The third-order valence-corrected chi connectivity index (χ3v) is 1.72. The van der Waals surface area contributed by atoms with Crippen molar-refractivity contribution in [2.75, 3.05) is 0 Å². The van der Waals surface area contributed by atoms with Crippen molar-refractivity contribution in [2.24, 2.45) is 0 Å². The summed E-state index contributed by atoms with van der Waals surface area (Å²) < 4.78 is 0. The van der Waals surface area contributed by atoms with Gasteiger partial charge in [-0.1, -0.05) is 36.5 Å². The fourth-order valence-corrected chi connectivity index (χ4v) is 1.13. The summed E-state index contributed by atoms with van der Waals surface area (Å²) in [7, 11) is 0. The molecule has 0 fully saturated rings. The van der Waals surface area contributed by atoms with E-state index in [9.17, 15) is 0 Å². The minimum absolute atomic E-state index is 0.952. The van der Waals surface area contributed by atoms with E-state index in [2.05, 4.69) is 12.2 Å². The molecule has 0 aromatic heterocycles. The molecule has 0 aromatic carbocycles. The average Bonchev–Trinajstić information content (AvgIpc) is 2.30. The van der Waals surface area contributed by atoms with Gasteiger partial charge in [0.2, 0.25) is 0 Å². The molecule has 0 aliphatic heterocycles. The molecule has 0 aromatic rings. The molecule has 0 amide bonds. The number of nitrogens with one attached hydrogen (secondary N) is 1. The SMILES string of the molecule is C/C=C\C1=CCC=CC=C1C=N. The Bertz CT molecular complexity index is 277. The third kappa shape index (κ3) is 2.06. The van der Waals surface area contributed by atoms with Crippen LogP contribution in [0.3, 0.4) is 0 Å². The van der Waals surface area contributed by atoms with Crippen LogP contribution in [0.5, 0.6) is 0 Å². The lowest BCUT2D eigenvalue weighted by molar-refractivity contribution is 1.37. The Hall–Kier alpha value is -1.37. The predicted molar refractivity (Wildman–Crippen MR) is 53.5 cm³/mol. The Kier molecular flexibility index (Phi) is 3.27. The van der Waals surface area contributed by atoms with Crippen molar-refractivity contribution in [3.8, 4) is 0 Å². The number of hydrogen-bond acceptors (Lipinski definition) is 1. The molecule has 0 atom stereocenters. The van der Waals surface area contributed by atoms with E-state index in [1.807, 2.05) is 31.2 Å². The van der Waals surface area contributed by atoms with Gasteiger partial charge >= 0.3 is 0 Å². The second-order valence-corrected chi connectivity index (χ2v) is 2.59. The smallest absolute Gasteiger partial charge is 0.0256 e. The molecular formula is C11H13N. The lowest BCUT2D eigenvalue weighted by Crippen LogP contribution is -1.86. The molecule has 0 unspecified atom stereocenters. The summed E-state index contributed by atoms with van der Waals surface area (Å²) in [6.45, 7) is 1.99. The minimum atomic E-state index is 0.952. The summed E-state index contributed by atoms with van der Waals surface area (Å²) in [5.41, 5.74) is 2.11. The molecule has 0 radical (unpaired) electrons. The van der Waals surface area contributed by atoms with Crippen LogP contribution in [-0.4, -0.2) is 6.21 Å². The van der Waals surface area contributed by atoms with E-state index in [1.165, 1.54) is 6.21 Å². The van der Waals surface area contributed by atoms with Crippen LogP contribution < -0.4 is 0 Å². The Balaban J connectivity index is 2.96. The van der Waals surface area contributed by atoms with Gasteiger partial charge in [0.1, 0.15) is 0 Å². The van der Waals surface area contributed by atoms with E-state index in [4.69, 9.17) is 5.41 Å². The molecule has 0 bridgehead atoms. The number of rotatable bonds is 2. The minimum Gasteiger partial charge on any atom is -0.308 e. The Labute approximate surface area is 73.3 Å². The highest BCUT2D eigenvalue weighted by atomic mass is 14.3. The van der Waals surface area contributed by atoms with Crippen molar-refractivity contribution in [1.29, 1.82) is 5.41 Å². The highest BCUT2D eigenvalue weighted by Crippen LogP contribution is 2.13. The number of allylic oxidation sites excluding steroid dienone is 8. The van der Waals surface area contributed by atoms with E-state index in [1.54, 1.807) is 0 Å². The van der Waals surface area contributed by atoms with Crippen LogP contribution in [-0.2, 0) is 0 Å². The fraction of sp³-hybridized carbons (Fsp3) is 0.182. The summed E-state index contributed by atoms with van der Waals surface area (Å²) in [6.07, 6.45) is 14.5. The zero-order chi connectivity index (χ0) is 8.81. The van der Waals surface area contributed by atoms with Gasteiger partial charge in [0.05, 0.1) is 0 Å². The van der Waals surface area contributed by atoms with Gasteiger partial charge in [-0.3, -0.25) is 0 Å². The van der Waals surface area contributed by atoms with E-state index in [0.717, 1.165) is 17.6 Å². The molecule has 1 rings (SSSR count). The lowest BCUT2D eigenvalue weighted by atomic mass is 10.1. The first-order chi connectivity index (χ1) is 5.88. The predicted octanol–water partition coefficient (Wildman–Crippen LogP) is 3.02. The molecule has 0 spiro atoms. The van der Waals surface area contributed by atoms with Crippen molar-refractivity contribution in [1.82, 2.24) is 0 Å². The monoisotopic (exact) mass is 159 g/mol. The van der Waals surface area contributed by atoms with Gasteiger partial charge in [-0.2, -0.15) is 0 Å². The number of hydrogen-bond donors (Lipinski definition) is 1. The third-order valence-electron chi connectivity index (χ3n) is 1.72. The maximum Gasteiger partial charge on any atom is 0.0256 e. The first-order valence-corrected chi connectivity index (χ1v) is 4.09. The normalized spacial score (nSPS) is 17.1. The maximum atomic E-state index is 7.20. The molecule has 1 aliphatic carbocycles. The van der Waals surface area contributed by atoms with Crippen molar-refractivity contribution in [3.05, 3.63) is 47.6 Å². The largest absolute Gasteiger partial charge is 0.308 e. The topological polar surface area (TPSA) is 23.9 Å². The summed E-state index contributed by atoms with van der Waals surface area (Å²) in [6, 6.07) is 0. The van der Waals surface area contributed by atoms with Crippen LogP contribution in [0.15, 0.2) is 47.6 Å². The Morgan fingerprint density at radius 2 is 2.25 bits per heavy atom. The fourth-order valence-electron chi connectivity index (χ4n) is 1.13. The molecule has 1 nitrogen and oxygen atoms in total. The molecule has 12 heavy (non-hydrogen) atoms. The van der Waals surface area contributed by atoms with Crippen molar-refractivity contribution in [2.45, 2.75) is 13.3 Å². The second kappa shape index (κ2) is 4.50. The Morgan fingerprint density at radius 1 is 1.42 bits per heavy atom. The van der Waals surface area contributed by atoms with Crippen LogP contribution in [0, 0.1) is 5.41 Å². The highest BCUT2D eigenvalue weighted by molar-refractivity contribution is 5.84. The first-order valence-electron chi connectivity index (χ1n) is 4.09. The van der Waals surface area contributed by atoms with Crippen LogP contribution in [0.1, 0.15) is 13.3 Å². The summed E-state index contributed by atoms with van der Waals surface area (Å²) in [5.74, 6) is 0.